The highest BCUT2D eigenvalue weighted by Gasteiger charge is 2.64. The molecule has 184 valence electrons. The van der Waals surface area contributed by atoms with Crippen LogP contribution in [0.5, 0.6) is 0 Å². The summed E-state index contributed by atoms with van der Waals surface area (Å²) in [5.41, 5.74) is 1.65. The number of hydrogen-bond acceptors (Lipinski definition) is 3. The number of rotatable bonds is 5. The summed E-state index contributed by atoms with van der Waals surface area (Å²) >= 11 is 0. The molecule has 4 aliphatic carbocycles. The van der Waals surface area contributed by atoms with E-state index in [9.17, 15) is 15.3 Å². The molecule has 0 aromatic heterocycles. The van der Waals surface area contributed by atoms with Gasteiger partial charge in [0.15, 0.2) is 0 Å². The Bertz CT molecular complexity index is 748. The Morgan fingerprint density at radius 1 is 1.00 bits per heavy atom. The van der Waals surface area contributed by atoms with Crippen molar-refractivity contribution in [1.82, 2.24) is 0 Å². The molecule has 32 heavy (non-hydrogen) atoms. The van der Waals surface area contributed by atoms with E-state index in [-0.39, 0.29) is 16.9 Å². The minimum absolute atomic E-state index is 0.00000519. The summed E-state index contributed by atoms with van der Waals surface area (Å²) < 4.78 is 0. The van der Waals surface area contributed by atoms with Crippen LogP contribution in [0, 0.1) is 39.4 Å². The zero-order valence-corrected chi connectivity index (χ0v) is 21.9. The smallest absolute Gasteiger partial charge is 0.0849 e. The standard InChI is InChI=1S/C29H50O3/c1-25(2)22-12-11-21-20(27(22,5)16-15-23(25)30)14-18-28(6)19(13-17-29(21,28)7)9-8-10-24(31)26(3,4)32/h14,19,21-24,30-32H,8-13,15-18H2,1-7H3/t19?,21-,22?,23-,24+,27-,28-,29+/m1/s1. The van der Waals surface area contributed by atoms with E-state index in [1.54, 1.807) is 19.4 Å². The Morgan fingerprint density at radius 3 is 2.34 bits per heavy atom. The first-order valence-corrected chi connectivity index (χ1v) is 13.5. The molecule has 0 radical (unpaired) electrons. The fourth-order valence-electron chi connectivity index (χ4n) is 9.21. The molecule has 4 aliphatic rings. The lowest BCUT2D eigenvalue weighted by molar-refractivity contribution is -0.117. The largest absolute Gasteiger partial charge is 0.393 e. The summed E-state index contributed by atoms with van der Waals surface area (Å²) in [5.74, 6) is 1.96. The molecule has 3 saturated carbocycles. The van der Waals surface area contributed by atoms with Crippen LogP contribution >= 0.6 is 0 Å². The first-order valence-electron chi connectivity index (χ1n) is 13.5. The van der Waals surface area contributed by atoms with Crippen LogP contribution in [0.15, 0.2) is 11.6 Å². The zero-order valence-electron chi connectivity index (χ0n) is 21.9. The van der Waals surface area contributed by atoms with Gasteiger partial charge < -0.3 is 15.3 Å². The van der Waals surface area contributed by atoms with E-state index >= 15 is 0 Å². The second-order valence-corrected chi connectivity index (χ2v) is 14.0. The Morgan fingerprint density at radius 2 is 1.69 bits per heavy atom. The third-order valence-corrected chi connectivity index (χ3v) is 11.8. The lowest BCUT2D eigenvalue weighted by Crippen LogP contribution is -2.57. The summed E-state index contributed by atoms with van der Waals surface area (Å²) in [4.78, 5) is 0. The molecular weight excluding hydrogens is 396 g/mol. The molecule has 8 atom stereocenters. The summed E-state index contributed by atoms with van der Waals surface area (Å²) in [7, 11) is 0. The van der Waals surface area contributed by atoms with Crippen molar-refractivity contribution in [2.24, 2.45) is 39.4 Å². The quantitative estimate of drug-likeness (QED) is 0.437. The van der Waals surface area contributed by atoms with E-state index in [1.807, 2.05) is 0 Å². The SMILES string of the molecule is CC(C)(O)[C@@H](O)CCCC1CC[C@@]2(C)[C@@H]3CCC4C(C)(C)[C@H](O)CC[C@]4(C)C3=CC[C@]12C. The fourth-order valence-corrected chi connectivity index (χ4v) is 9.21. The predicted molar refractivity (Wildman–Crippen MR) is 131 cm³/mol. The van der Waals surface area contributed by atoms with Crippen LogP contribution in [-0.2, 0) is 0 Å². The lowest BCUT2D eigenvalue weighted by atomic mass is 9.41. The van der Waals surface area contributed by atoms with Crippen LogP contribution in [0.1, 0.15) is 113 Å². The second kappa shape index (κ2) is 7.82. The van der Waals surface area contributed by atoms with Gasteiger partial charge in [-0.25, -0.2) is 0 Å². The summed E-state index contributed by atoms with van der Waals surface area (Å²) in [5, 5.41) is 31.2. The molecule has 0 aromatic carbocycles. The molecule has 0 aliphatic heterocycles. The first-order chi connectivity index (χ1) is 14.7. The number of aliphatic hydroxyl groups is 3. The first kappa shape index (κ1) is 24.7. The van der Waals surface area contributed by atoms with Gasteiger partial charge in [0.2, 0.25) is 0 Å². The van der Waals surface area contributed by atoms with Crippen LogP contribution in [0.2, 0.25) is 0 Å². The minimum Gasteiger partial charge on any atom is -0.393 e. The zero-order chi connectivity index (χ0) is 23.7. The maximum Gasteiger partial charge on any atom is 0.0849 e. The van der Waals surface area contributed by atoms with Crippen molar-refractivity contribution in [2.75, 3.05) is 0 Å². The molecule has 0 heterocycles. The number of allylic oxidation sites excluding steroid dienone is 2. The van der Waals surface area contributed by atoms with Gasteiger partial charge >= 0.3 is 0 Å². The summed E-state index contributed by atoms with van der Waals surface area (Å²) in [6.45, 7) is 15.7. The maximum absolute atomic E-state index is 10.8. The van der Waals surface area contributed by atoms with Gasteiger partial charge in [-0.15, -0.1) is 0 Å². The van der Waals surface area contributed by atoms with Crippen molar-refractivity contribution in [3.63, 3.8) is 0 Å². The molecule has 2 unspecified atom stereocenters. The van der Waals surface area contributed by atoms with Crippen molar-refractivity contribution in [3.05, 3.63) is 11.6 Å². The van der Waals surface area contributed by atoms with Crippen LogP contribution in [0.4, 0.5) is 0 Å². The maximum atomic E-state index is 10.8. The fraction of sp³-hybridized carbons (Fsp3) is 0.931. The van der Waals surface area contributed by atoms with E-state index in [1.165, 1.54) is 32.1 Å². The molecule has 0 aromatic rings. The van der Waals surface area contributed by atoms with Crippen molar-refractivity contribution >= 4 is 0 Å². The average Bonchev–Trinajstić information content (AvgIpc) is 2.96. The number of fused-ring (bicyclic) bond motifs is 5. The van der Waals surface area contributed by atoms with Crippen LogP contribution in [-0.4, -0.2) is 33.1 Å². The van der Waals surface area contributed by atoms with Gasteiger partial charge in [-0.05, 0) is 111 Å². The second-order valence-electron chi connectivity index (χ2n) is 14.0. The topological polar surface area (TPSA) is 60.7 Å². The molecule has 3 fully saturated rings. The van der Waals surface area contributed by atoms with Gasteiger partial charge in [-0.2, -0.15) is 0 Å². The molecule has 0 bridgehead atoms. The van der Waals surface area contributed by atoms with Gasteiger partial charge in [0.1, 0.15) is 0 Å². The van der Waals surface area contributed by atoms with Gasteiger partial charge in [0, 0.05) is 0 Å². The monoisotopic (exact) mass is 446 g/mol. The molecule has 0 amide bonds. The van der Waals surface area contributed by atoms with E-state index < -0.39 is 11.7 Å². The Hall–Kier alpha value is -0.380. The van der Waals surface area contributed by atoms with Gasteiger partial charge in [-0.1, -0.05) is 52.7 Å². The third-order valence-electron chi connectivity index (χ3n) is 11.8. The predicted octanol–water partition coefficient (Wildman–Crippen LogP) is 6.25. The highest BCUT2D eigenvalue weighted by atomic mass is 16.3. The summed E-state index contributed by atoms with van der Waals surface area (Å²) in [6, 6.07) is 0. The van der Waals surface area contributed by atoms with Gasteiger partial charge in [0.25, 0.3) is 0 Å². The summed E-state index contributed by atoms with van der Waals surface area (Å²) in [6.07, 6.45) is 13.1. The highest BCUT2D eigenvalue weighted by Crippen LogP contribution is 2.72. The Balaban J connectivity index is 1.55. The van der Waals surface area contributed by atoms with E-state index in [0.717, 1.165) is 25.7 Å². The van der Waals surface area contributed by atoms with E-state index in [0.29, 0.717) is 35.0 Å². The van der Waals surface area contributed by atoms with Crippen LogP contribution in [0.25, 0.3) is 0 Å². The highest BCUT2D eigenvalue weighted by molar-refractivity contribution is 5.32. The number of hydrogen-bond donors (Lipinski definition) is 3. The van der Waals surface area contributed by atoms with E-state index in [4.69, 9.17) is 0 Å². The van der Waals surface area contributed by atoms with Crippen LogP contribution in [0.3, 0.4) is 0 Å². The molecule has 0 saturated heterocycles. The normalized spacial score (nSPS) is 46.6. The van der Waals surface area contributed by atoms with Crippen LogP contribution < -0.4 is 0 Å². The van der Waals surface area contributed by atoms with Crippen molar-refractivity contribution < 1.29 is 15.3 Å². The lowest BCUT2D eigenvalue weighted by Gasteiger charge is -2.64. The Kier molecular flexibility index (Phi) is 6.04. The van der Waals surface area contributed by atoms with Crippen molar-refractivity contribution in [1.29, 1.82) is 0 Å². The van der Waals surface area contributed by atoms with Gasteiger partial charge in [-0.3, -0.25) is 0 Å². The molecular formula is C29H50O3. The molecule has 3 heteroatoms. The number of aliphatic hydroxyl groups excluding tert-OH is 2. The van der Waals surface area contributed by atoms with Crippen molar-refractivity contribution in [3.8, 4) is 0 Å². The average molecular weight is 447 g/mol. The third kappa shape index (κ3) is 3.47. The molecule has 4 rings (SSSR count). The van der Waals surface area contributed by atoms with Gasteiger partial charge in [0.05, 0.1) is 17.8 Å². The minimum atomic E-state index is -1.01. The molecule has 3 nitrogen and oxygen atoms in total. The molecule has 3 N–H and O–H groups in total. The van der Waals surface area contributed by atoms with Crippen molar-refractivity contribution in [2.45, 2.75) is 130 Å². The van der Waals surface area contributed by atoms with E-state index in [2.05, 4.69) is 40.7 Å². The Labute approximate surface area is 197 Å². The molecule has 0 spiro atoms.